The molecule has 0 aliphatic heterocycles. The van der Waals surface area contributed by atoms with Gasteiger partial charge in [-0.15, -0.1) is 0 Å². The molecule has 0 fully saturated rings. The normalized spacial score (nSPS) is 12.3. The predicted molar refractivity (Wildman–Crippen MR) is 82.1 cm³/mol. The monoisotopic (exact) mass is 267 g/mol. The molecule has 0 radical (unpaired) electrons. The number of ether oxygens (including phenoxy) is 1. The van der Waals surface area contributed by atoms with Gasteiger partial charge in [0.05, 0.1) is 18.6 Å². The van der Waals surface area contributed by atoms with Gasteiger partial charge in [0.2, 0.25) is 0 Å². The minimum Gasteiger partial charge on any atom is -0.377 e. The minimum atomic E-state index is 0.156. The summed E-state index contributed by atoms with van der Waals surface area (Å²) in [5, 5.41) is 8.61. The molecular formula is C17H33NO. The van der Waals surface area contributed by atoms with Crippen LogP contribution in [0.2, 0.25) is 0 Å². The molecule has 0 bridgehead atoms. The van der Waals surface area contributed by atoms with Crippen LogP contribution in [0.1, 0.15) is 90.9 Å². The molecule has 0 aromatic heterocycles. The van der Waals surface area contributed by atoms with Crippen molar-refractivity contribution in [3.8, 4) is 6.07 Å². The average molecular weight is 267 g/mol. The fourth-order valence-corrected chi connectivity index (χ4v) is 2.26. The smallest absolute Gasteiger partial charge is 0.0702 e. The Hall–Kier alpha value is -0.550. The van der Waals surface area contributed by atoms with Crippen molar-refractivity contribution in [1.82, 2.24) is 0 Å². The Morgan fingerprint density at radius 2 is 1.37 bits per heavy atom. The Morgan fingerprint density at radius 3 is 1.84 bits per heavy atom. The molecule has 112 valence electrons. The van der Waals surface area contributed by atoms with E-state index in [1.54, 1.807) is 0 Å². The second-order valence-electron chi connectivity index (χ2n) is 5.45. The van der Waals surface area contributed by atoms with E-state index in [9.17, 15) is 0 Å². The molecule has 0 spiro atoms. The highest BCUT2D eigenvalue weighted by Gasteiger charge is 2.04. The van der Waals surface area contributed by atoms with Gasteiger partial charge < -0.3 is 4.74 Å². The van der Waals surface area contributed by atoms with Crippen LogP contribution in [-0.4, -0.2) is 12.7 Å². The van der Waals surface area contributed by atoms with Crippen LogP contribution in [0.4, 0.5) is 0 Å². The third-order valence-corrected chi connectivity index (χ3v) is 3.63. The molecule has 19 heavy (non-hydrogen) atoms. The lowest BCUT2D eigenvalue weighted by Gasteiger charge is -2.12. The molecule has 0 rings (SSSR count). The van der Waals surface area contributed by atoms with Crippen molar-refractivity contribution >= 4 is 0 Å². The number of unbranched alkanes of at least 4 members (excludes halogenated alkanes) is 9. The molecule has 1 atom stereocenters. The molecule has 0 aromatic carbocycles. The Bertz CT molecular complexity index is 210. The first-order valence-corrected chi connectivity index (χ1v) is 8.33. The number of hydrogen-bond donors (Lipinski definition) is 0. The van der Waals surface area contributed by atoms with E-state index < -0.39 is 0 Å². The van der Waals surface area contributed by atoms with Gasteiger partial charge in [0.25, 0.3) is 0 Å². The van der Waals surface area contributed by atoms with Crippen molar-refractivity contribution < 1.29 is 4.74 Å². The zero-order valence-corrected chi connectivity index (χ0v) is 13.1. The molecule has 0 N–H and O–H groups in total. The van der Waals surface area contributed by atoms with Gasteiger partial charge in [0, 0.05) is 6.61 Å². The maximum absolute atomic E-state index is 8.61. The van der Waals surface area contributed by atoms with Crippen LogP contribution in [0, 0.1) is 11.3 Å². The fourth-order valence-electron chi connectivity index (χ4n) is 2.26. The van der Waals surface area contributed by atoms with Crippen LogP contribution >= 0.6 is 0 Å². The number of nitrogens with zero attached hydrogens (tertiary/aromatic N) is 1. The minimum absolute atomic E-state index is 0.156. The Labute approximate surface area is 120 Å². The molecule has 0 aromatic rings. The van der Waals surface area contributed by atoms with E-state index in [2.05, 4.69) is 19.9 Å². The molecule has 1 unspecified atom stereocenters. The molecular weight excluding hydrogens is 234 g/mol. The highest BCUT2D eigenvalue weighted by Crippen LogP contribution is 2.11. The van der Waals surface area contributed by atoms with E-state index in [-0.39, 0.29) is 6.10 Å². The third-order valence-electron chi connectivity index (χ3n) is 3.63. The lowest BCUT2D eigenvalue weighted by molar-refractivity contribution is 0.0512. The van der Waals surface area contributed by atoms with E-state index in [1.165, 1.54) is 57.8 Å². The largest absolute Gasteiger partial charge is 0.377 e. The summed E-state index contributed by atoms with van der Waals surface area (Å²) >= 11 is 0. The molecule has 0 heterocycles. The van der Waals surface area contributed by atoms with E-state index in [0.29, 0.717) is 6.42 Å². The quantitative estimate of drug-likeness (QED) is 0.383. The average Bonchev–Trinajstić information content (AvgIpc) is 2.43. The van der Waals surface area contributed by atoms with E-state index in [4.69, 9.17) is 10.00 Å². The fraction of sp³-hybridized carbons (Fsp3) is 0.941. The summed E-state index contributed by atoms with van der Waals surface area (Å²) in [5.41, 5.74) is 0. The summed E-state index contributed by atoms with van der Waals surface area (Å²) in [5.74, 6) is 0. The third kappa shape index (κ3) is 13.7. The van der Waals surface area contributed by atoms with Crippen molar-refractivity contribution in [3.63, 3.8) is 0 Å². The van der Waals surface area contributed by atoms with Gasteiger partial charge in [-0.25, -0.2) is 0 Å². The standard InChI is InChI=1S/C17H33NO/c1-3-5-6-7-8-9-10-11-12-13-16-19-17(4-2)14-15-18/h17H,3-14,16H2,1-2H3. The van der Waals surface area contributed by atoms with Gasteiger partial charge in [0.1, 0.15) is 0 Å². The predicted octanol–water partition coefficient (Wildman–Crippen LogP) is 5.62. The summed E-state index contributed by atoms with van der Waals surface area (Å²) in [6.07, 6.45) is 15.2. The van der Waals surface area contributed by atoms with Crippen molar-refractivity contribution in [2.24, 2.45) is 0 Å². The number of rotatable bonds is 14. The maximum Gasteiger partial charge on any atom is 0.0702 e. The van der Waals surface area contributed by atoms with Crippen LogP contribution in [0.3, 0.4) is 0 Å². The van der Waals surface area contributed by atoms with Gasteiger partial charge in [0.15, 0.2) is 0 Å². The van der Waals surface area contributed by atoms with Crippen LogP contribution in [0.25, 0.3) is 0 Å². The van der Waals surface area contributed by atoms with Crippen LogP contribution < -0.4 is 0 Å². The summed E-state index contributed by atoms with van der Waals surface area (Å²) in [7, 11) is 0. The Morgan fingerprint density at radius 1 is 0.842 bits per heavy atom. The zero-order valence-electron chi connectivity index (χ0n) is 13.1. The van der Waals surface area contributed by atoms with Crippen molar-refractivity contribution in [2.75, 3.05) is 6.61 Å². The SMILES string of the molecule is CCCCCCCCCCCCOC(CC)CC#N. The van der Waals surface area contributed by atoms with Crippen molar-refractivity contribution in [1.29, 1.82) is 5.26 Å². The lowest BCUT2D eigenvalue weighted by Crippen LogP contribution is -2.11. The van der Waals surface area contributed by atoms with Gasteiger partial charge in [-0.3, -0.25) is 0 Å². The molecule has 0 aliphatic carbocycles. The van der Waals surface area contributed by atoms with Gasteiger partial charge in [-0.1, -0.05) is 71.6 Å². The van der Waals surface area contributed by atoms with Gasteiger partial charge >= 0.3 is 0 Å². The van der Waals surface area contributed by atoms with E-state index >= 15 is 0 Å². The number of nitriles is 1. The van der Waals surface area contributed by atoms with Gasteiger partial charge in [-0.05, 0) is 12.8 Å². The van der Waals surface area contributed by atoms with E-state index in [0.717, 1.165) is 19.4 Å². The van der Waals surface area contributed by atoms with Crippen LogP contribution in [0.15, 0.2) is 0 Å². The molecule has 2 heteroatoms. The molecule has 0 amide bonds. The molecule has 0 aliphatic rings. The van der Waals surface area contributed by atoms with Crippen molar-refractivity contribution in [2.45, 2.75) is 97.0 Å². The Balaban J connectivity index is 3.12. The molecule has 2 nitrogen and oxygen atoms in total. The Kier molecular flexibility index (Phi) is 15.1. The summed E-state index contributed by atoms with van der Waals surface area (Å²) in [6, 6.07) is 2.18. The van der Waals surface area contributed by atoms with Crippen LogP contribution in [-0.2, 0) is 4.74 Å². The summed E-state index contributed by atoms with van der Waals surface area (Å²) < 4.78 is 5.68. The summed E-state index contributed by atoms with van der Waals surface area (Å²) in [4.78, 5) is 0. The molecule has 0 saturated carbocycles. The first kappa shape index (κ1) is 18.4. The second kappa shape index (κ2) is 15.5. The highest BCUT2D eigenvalue weighted by molar-refractivity contribution is 4.75. The van der Waals surface area contributed by atoms with Crippen molar-refractivity contribution in [3.05, 3.63) is 0 Å². The number of hydrogen-bond acceptors (Lipinski definition) is 2. The first-order chi connectivity index (χ1) is 9.35. The zero-order chi connectivity index (χ0) is 14.2. The maximum atomic E-state index is 8.61. The first-order valence-electron chi connectivity index (χ1n) is 8.33. The van der Waals surface area contributed by atoms with Crippen LogP contribution in [0.5, 0.6) is 0 Å². The summed E-state index contributed by atoms with van der Waals surface area (Å²) in [6.45, 7) is 5.18. The van der Waals surface area contributed by atoms with E-state index in [1.807, 2.05) is 0 Å². The topological polar surface area (TPSA) is 33.0 Å². The van der Waals surface area contributed by atoms with Gasteiger partial charge in [-0.2, -0.15) is 5.26 Å². The lowest BCUT2D eigenvalue weighted by atomic mass is 10.1. The molecule has 0 saturated heterocycles. The second-order valence-corrected chi connectivity index (χ2v) is 5.45. The highest BCUT2D eigenvalue weighted by atomic mass is 16.5.